The maximum absolute atomic E-state index is 12.3. The molecule has 0 fully saturated rings. The molecule has 0 unspecified atom stereocenters. The fourth-order valence-corrected chi connectivity index (χ4v) is 2.79. The lowest BCUT2D eigenvalue weighted by atomic mass is 10.1. The monoisotopic (exact) mass is 638 g/mol. The van der Waals surface area contributed by atoms with Crippen molar-refractivity contribution in [2.45, 2.75) is 182 Å². The molecule has 0 spiro atoms. The molecule has 44 heavy (non-hydrogen) atoms. The molecule has 0 radical (unpaired) electrons. The van der Waals surface area contributed by atoms with E-state index in [0.717, 1.165) is 25.7 Å². The maximum Gasteiger partial charge on any atom is 0.305 e. The Balaban J connectivity index is 4.33. The quantitative estimate of drug-likeness (QED) is 0.0403. The maximum atomic E-state index is 12.3. The van der Waals surface area contributed by atoms with Gasteiger partial charge in [-0.25, -0.2) is 19.6 Å². The van der Waals surface area contributed by atoms with Crippen LogP contribution in [0.1, 0.15) is 148 Å². The van der Waals surface area contributed by atoms with E-state index < -0.39 is 34.0 Å². The molecule has 0 aromatic heterocycles. The summed E-state index contributed by atoms with van der Waals surface area (Å²) in [5, 5.41) is 0. The smallest absolute Gasteiger partial charge is 0.305 e. The van der Waals surface area contributed by atoms with Crippen molar-refractivity contribution in [3.8, 4) is 0 Å². The van der Waals surface area contributed by atoms with E-state index in [1.807, 2.05) is 83.1 Å². The van der Waals surface area contributed by atoms with Crippen molar-refractivity contribution in [3.05, 3.63) is 0 Å². The minimum absolute atomic E-state index is 0.196. The molecule has 0 aliphatic carbocycles. The summed E-state index contributed by atoms with van der Waals surface area (Å²) in [7, 11) is 0. The van der Waals surface area contributed by atoms with Crippen LogP contribution in [0, 0.1) is 0 Å². The summed E-state index contributed by atoms with van der Waals surface area (Å²) >= 11 is 0. The Morgan fingerprint density at radius 1 is 0.364 bits per heavy atom. The van der Waals surface area contributed by atoms with Crippen LogP contribution in [0.15, 0.2) is 0 Å². The molecule has 0 heterocycles. The number of carbonyl (C=O) groups excluding carboxylic acids is 2. The van der Waals surface area contributed by atoms with Gasteiger partial charge in [0.2, 0.25) is 0 Å². The van der Waals surface area contributed by atoms with E-state index >= 15 is 0 Å². The van der Waals surface area contributed by atoms with Crippen molar-refractivity contribution in [1.29, 1.82) is 0 Å². The Hall–Kier alpha value is -1.38. The molecule has 0 rings (SSSR count). The van der Waals surface area contributed by atoms with Gasteiger partial charge in [-0.15, -0.1) is 0 Å². The Morgan fingerprint density at radius 2 is 0.591 bits per heavy atom. The summed E-state index contributed by atoms with van der Waals surface area (Å²) in [4.78, 5) is 67.9. The number of unbranched alkanes of at least 4 members (excludes halogenated alkanes) is 5. The molecular formula is C32H62O12. The first-order valence-electron chi connectivity index (χ1n) is 15.6. The molecule has 0 aromatic carbocycles. The van der Waals surface area contributed by atoms with Crippen molar-refractivity contribution < 1.29 is 58.2 Å². The van der Waals surface area contributed by atoms with E-state index in [-0.39, 0.29) is 38.0 Å². The molecule has 0 aliphatic rings. The first-order chi connectivity index (χ1) is 19.8. The molecule has 0 bridgehead atoms. The summed E-state index contributed by atoms with van der Waals surface area (Å²) in [6.07, 6.45) is 5.48. The topological polar surface area (TPSA) is 126 Å². The molecule has 0 saturated carbocycles. The standard InChI is InChI=1S/C32H62O12/c1-27(2,3)37-41-31(13,42-38-28(4,5)6)23-35-25(33)21-19-17-15-16-18-20-22-26(34)36-24-32(14,43-39-29(7,8)9)44-40-30(10,11)12/h15-24H2,1-14H3. The van der Waals surface area contributed by atoms with E-state index in [1.165, 1.54) is 0 Å². The third-order valence-corrected chi connectivity index (χ3v) is 4.87. The minimum atomic E-state index is -1.43. The minimum Gasteiger partial charge on any atom is -0.460 e. The third kappa shape index (κ3) is 25.9. The van der Waals surface area contributed by atoms with Gasteiger partial charge in [0.25, 0.3) is 11.6 Å². The van der Waals surface area contributed by atoms with Crippen LogP contribution in [-0.2, 0) is 58.2 Å². The second-order valence-corrected chi connectivity index (χ2v) is 15.3. The van der Waals surface area contributed by atoms with E-state index in [1.54, 1.807) is 13.8 Å². The summed E-state index contributed by atoms with van der Waals surface area (Å²) in [6, 6.07) is 0. The zero-order valence-electron chi connectivity index (χ0n) is 30.0. The SMILES string of the molecule is CC(C)(C)OOC(C)(COC(=O)CCCCCCCCC(=O)OCC(C)(OOC(C)(C)C)OOC(C)(C)C)OOC(C)(C)C. The highest BCUT2D eigenvalue weighted by Gasteiger charge is 2.37. The van der Waals surface area contributed by atoms with E-state index in [2.05, 4.69) is 0 Å². The van der Waals surface area contributed by atoms with Crippen LogP contribution in [0.4, 0.5) is 0 Å². The van der Waals surface area contributed by atoms with E-state index in [9.17, 15) is 9.59 Å². The molecule has 0 saturated heterocycles. The zero-order valence-corrected chi connectivity index (χ0v) is 30.0. The van der Waals surface area contributed by atoms with Gasteiger partial charge < -0.3 is 9.47 Å². The van der Waals surface area contributed by atoms with Gasteiger partial charge in [0.15, 0.2) is 13.2 Å². The number of hydrogen-bond donors (Lipinski definition) is 0. The summed E-state index contributed by atoms with van der Waals surface area (Å²) in [5.74, 6) is -3.59. The Kier molecular flexibility index (Phi) is 18.1. The second-order valence-electron chi connectivity index (χ2n) is 15.3. The molecule has 0 aromatic rings. The molecule has 0 atom stereocenters. The van der Waals surface area contributed by atoms with Gasteiger partial charge in [-0.05, 0) is 110 Å². The highest BCUT2D eigenvalue weighted by molar-refractivity contribution is 5.69. The van der Waals surface area contributed by atoms with E-state index in [4.69, 9.17) is 48.6 Å². The fourth-order valence-electron chi connectivity index (χ4n) is 2.79. The van der Waals surface area contributed by atoms with Crippen LogP contribution in [0.25, 0.3) is 0 Å². The Bertz CT molecular complexity index is 711. The molecule has 12 heteroatoms. The summed E-state index contributed by atoms with van der Waals surface area (Å²) in [6.45, 7) is 24.7. The van der Waals surface area contributed by atoms with Gasteiger partial charge in [-0.2, -0.15) is 19.6 Å². The molecule has 0 aliphatic heterocycles. The Labute approximate surface area is 265 Å². The largest absolute Gasteiger partial charge is 0.460 e. The van der Waals surface area contributed by atoms with Gasteiger partial charge in [0, 0.05) is 12.8 Å². The predicted octanol–water partition coefficient (Wildman–Crippen LogP) is 7.61. The fraction of sp³-hybridized carbons (Fsp3) is 0.938. The molecule has 12 nitrogen and oxygen atoms in total. The molecule has 262 valence electrons. The first kappa shape index (κ1) is 42.6. The van der Waals surface area contributed by atoms with Crippen molar-refractivity contribution >= 4 is 11.9 Å². The molecular weight excluding hydrogens is 576 g/mol. The zero-order chi connectivity index (χ0) is 34.3. The number of hydrogen-bond acceptors (Lipinski definition) is 12. The van der Waals surface area contributed by atoms with Gasteiger partial charge in [0.1, 0.15) is 0 Å². The number of esters is 2. The van der Waals surface area contributed by atoms with Crippen molar-refractivity contribution in [1.82, 2.24) is 0 Å². The second kappa shape index (κ2) is 18.7. The van der Waals surface area contributed by atoms with Gasteiger partial charge >= 0.3 is 11.9 Å². The van der Waals surface area contributed by atoms with Crippen molar-refractivity contribution in [3.63, 3.8) is 0 Å². The van der Waals surface area contributed by atoms with E-state index in [0.29, 0.717) is 12.8 Å². The summed E-state index contributed by atoms with van der Waals surface area (Å²) < 4.78 is 10.8. The number of ether oxygens (including phenoxy) is 2. The van der Waals surface area contributed by atoms with Crippen LogP contribution in [-0.4, -0.2) is 59.1 Å². The van der Waals surface area contributed by atoms with Gasteiger partial charge in [-0.1, -0.05) is 25.7 Å². The van der Waals surface area contributed by atoms with Crippen molar-refractivity contribution in [2.24, 2.45) is 0 Å². The normalized spacial score (nSPS) is 13.7. The number of rotatable bonds is 21. The first-order valence-corrected chi connectivity index (χ1v) is 15.6. The lowest BCUT2D eigenvalue weighted by Crippen LogP contribution is -2.42. The van der Waals surface area contributed by atoms with Crippen LogP contribution in [0.3, 0.4) is 0 Å². The third-order valence-electron chi connectivity index (χ3n) is 4.87. The van der Waals surface area contributed by atoms with Gasteiger partial charge in [-0.3, -0.25) is 9.59 Å². The lowest BCUT2D eigenvalue weighted by Gasteiger charge is -2.32. The predicted molar refractivity (Wildman–Crippen MR) is 163 cm³/mol. The van der Waals surface area contributed by atoms with Crippen LogP contribution < -0.4 is 0 Å². The van der Waals surface area contributed by atoms with Gasteiger partial charge in [0.05, 0.1) is 22.4 Å². The Morgan fingerprint density at radius 3 is 0.818 bits per heavy atom. The molecule has 0 N–H and O–H groups in total. The summed E-state index contributed by atoms with van der Waals surface area (Å²) in [5.41, 5.74) is -2.37. The van der Waals surface area contributed by atoms with Crippen LogP contribution in [0.2, 0.25) is 0 Å². The average Bonchev–Trinajstić information content (AvgIpc) is 2.86. The molecule has 0 amide bonds. The average molecular weight is 639 g/mol. The highest BCUT2D eigenvalue weighted by Crippen LogP contribution is 2.24. The highest BCUT2D eigenvalue weighted by atomic mass is 17.3. The lowest BCUT2D eigenvalue weighted by molar-refractivity contribution is -0.539. The van der Waals surface area contributed by atoms with Crippen LogP contribution in [0.5, 0.6) is 0 Å². The number of carbonyl (C=O) groups is 2. The van der Waals surface area contributed by atoms with Crippen LogP contribution >= 0.6 is 0 Å². The van der Waals surface area contributed by atoms with Crippen molar-refractivity contribution in [2.75, 3.05) is 13.2 Å².